The highest BCUT2D eigenvalue weighted by atomic mass is 16.5. The Kier molecular flexibility index (Phi) is 6.03. The number of methoxy groups -OCH3 is 2. The lowest BCUT2D eigenvalue weighted by atomic mass is 10.1. The van der Waals surface area contributed by atoms with E-state index in [2.05, 4.69) is 48.3 Å². The van der Waals surface area contributed by atoms with Crippen molar-refractivity contribution in [3.8, 4) is 0 Å². The van der Waals surface area contributed by atoms with Crippen LogP contribution in [0.5, 0.6) is 0 Å². The SMILES string of the molecule is CCCNC(C)c1ccccc1N1CC(OC)C(OC)C1. The second-order valence-corrected chi connectivity index (χ2v) is 5.69. The molecule has 0 aromatic heterocycles. The molecule has 1 aliphatic heterocycles. The molecule has 4 nitrogen and oxygen atoms in total. The van der Waals surface area contributed by atoms with Gasteiger partial charge in [-0.15, -0.1) is 0 Å². The molecule has 1 saturated heterocycles. The van der Waals surface area contributed by atoms with Gasteiger partial charge in [-0.2, -0.15) is 0 Å². The van der Waals surface area contributed by atoms with Gasteiger partial charge in [0.1, 0.15) is 12.2 Å². The van der Waals surface area contributed by atoms with Gasteiger partial charge in [0.05, 0.1) is 0 Å². The van der Waals surface area contributed by atoms with Crippen molar-refractivity contribution in [3.05, 3.63) is 29.8 Å². The number of nitrogens with one attached hydrogen (secondary N) is 1. The molecule has 1 fully saturated rings. The molecule has 1 aromatic rings. The van der Waals surface area contributed by atoms with E-state index in [1.807, 2.05) is 0 Å². The molecule has 0 bridgehead atoms. The van der Waals surface area contributed by atoms with Crippen LogP contribution < -0.4 is 10.2 Å². The van der Waals surface area contributed by atoms with E-state index in [-0.39, 0.29) is 12.2 Å². The van der Waals surface area contributed by atoms with E-state index in [1.165, 1.54) is 11.3 Å². The van der Waals surface area contributed by atoms with Crippen molar-refractivity contribution in [2.24, 2.45) is 0 Å². The molecule has 4 heteroatoms. The Bertz CT molecular complexity index is 427. The summed E-state index contributed by atoms with van der Waals surface area (Å²) in [6.45, 7) is 7.22. The zero-order valence-corrected chi connectivity index (χ0v) is 13.6. The summed E-state index contributed by atoms with van der Waals surface area (Å²) in [5, 5.41) is 3.57. The van der Waals surface area contributed by atoms with Gasteiger partial charge in [-0.3, -0.25) is 0 Å². The minimum atomic E-state index is 0.141. The average molecular weight is 292 g/mol. The summed E-state index contributed by atoms with van der Waals surface area (Å²) in [5.41, 5.74) is 2.63. The number of hydrogen-bond acceptors (Lipinski definition) is 4. The first-order chi connectivity index (χ1) is 10.2. The third-order valence-electron chi connectivity index (χ3n) is 4.27. The van der Waals surface area contributed by atoms with E-state index >= 15 is 0 Å². The first-order valence-electron chi connectivity index (χ1n) is 7.84. The molecular weight excluding hydrogens is 264 g/mol. The van der Waals surface area contributed by atoms with Crippen LogP contribution in [0.15, 0.2) is 24.3 Å². The van der Waals surface area contributed by atoms with E-state index in [1.54, 1.807) is 14.2 Å². The third-order valence-corrected chi connectivity index (χ3v) is 4.27. The summed E-state index contributed by atoms with van der Waals surface area (Å²) < 4.78 is 11.1. The highest BCUT2D eigenvalue weighted by molar-refractivity contribution is 5.56. The van der Waals surface area contributed by atoms with Crippen molar-refractivity contribution in [2.45, 2.75) is 38.5 Å². The van der Waals surface area contributed by atoms with Gasteiger partial charge in [0.15, 0.2) is 0 Å². The van der Waals surface area contributed by atoms with Crippen LogP contribution in [0.1, 0.15) is 31.9 Å². The third kappa shape index (κ3) is 3.76. The number of benzene rings is 1. The van der Waals surface area contributed by atoms with Gasteiger partial charge < -0.3 is 19.7 Å². The second kappa shape index (κ2) is 7.78. The largest absolute Gasteiger partial charge is 0.377 e. The Morgan fingerprint density at radius 2 is 1.81 bits per heavy atom. The molecule has 3 atom stereocenters. The van der Waals surface area contributed by atoms with E-state index in [0.29, 0.717) is 6.04 Å². The molecule has 0 aliphatic carbocycles. The molecule has 0 spiro atoms. The summed E-state index contributed by atoms with van der Waals surface area (Å²) in [6, 6.07) is 8.98. The fourth-order valence-electron chi connectivity index (χ4n) is 3.01. The van der Waals surface area contributed by atoms with Gasteiger partial charge in [-0.1, -0.05) is 25.1 Å². The quantitative estimate of drug-likeness (QED) is 0.837. The minimum absolute atomic E-state index is 0.141. The van der Waals surface area contributed by atoms with E-state index in [0.717, 1.165) is 26.1 Å². The van der Waals surface area contributed by atoms with Crippen molar-refractivity contribution in [1.29, 1.82) is 0 Å². The smallest absolute Gasteiger partial charge is 0.102 e. The summed E-state index contributed by atoms with van der Waals surface area (Å²) in [6.07, 6.45) is 1.43. The zero-order valence-electron chi connectivity index (χ0n) is 13.6. The summed E-state index contributed by atoms with van der Waals surface area (Å²) in [7, 11) is 3.52. The number of para-hydroxylation sites is 1. The molecule has 0 amide bonds. The minimum Gasteiger partial charge on any atom is -0.377 e. The van der Waals surface area contributed by atoms with Crippen molar-refractivity contribution in [1.82, 2.24) is 5.32 Å². The molecule has 21 heavy (non-hydrogen) atoms. The van der Waals surface area contributed by atoms with Gasteiger partial charge in [0.25, 0.3) is 0 Å². The van der Waals surface area contributed by atoms with Crippen molar-refractivity contribution >= 4 is 5.69 Å². The summed E-state index contributed by atoms with van der Waals surface area (Å²) in [4.78, 5) is 2.38. The maximum atomic E-state index is 5.55. The van der Waals surface area contributed by atoms with Crippen LogP contribution >= 0.6 is 0 Å². The number of anilines is 1. The topological polar surface area (TPSA) is 33.7 Å². The van der Waals surface area contributed by atoms with Gasteiger partial charge >= 0.3 is 0 Å². The lowest BCUT2D eigenvalue weighted by Crippen LogP contribution is -2.27. The predicted molar refractivity (Wildman–Crippen MR) is 87.0 cm³/mol. The van der Waals surface area contributed by atoms with E-state index < -0.39 is 0 Å². The zero-order chi connectivity index (χ0) is 15.2. The second-order valence-electron chi connectivity index (χ2n) is 5.69. The fraction of sp³-hybridized carbons (Fsp3) is 0.647. The molecule has 0 saturated carbocycles. The highest BCUT2D eigenvalue weighted by Gasteiger charge is 2.34. The van der Waals surface area contributed by atoms with Gasteiger partial charge in [-0.25, -0.2) is 0 Å². The van der Waals surface area contributed by atoms with Crippen molar-refractivity contribution in [3.63, 3.8) is 0 Å². The molecule has 2 rings (SSSR count). The van der Waals surface area contributed by atoms with Crippen LogP contribution in [0.25, 0.3) is 0 Å². The normalized spacial score (nSPS) is 23.5. The number of ether oxygens (including phenoxy) is 2. The summed E-state index contributed by atoms with van der Waals surface area (Å²) >= 11 is 0. The first-order valence-corrected chi connectivity index (χ1v) is 7.84. The highest BCUT2D eigenvalue weighted by Crippen LogP contribution is 2.30. The number of nitrogens with zero attached hydrogens (tertiary/aromatic N) is 1. The van der Waals surface area contributed by atoms with Crippen molar-refractivity contribution in [2.75, 3.05) is 38.8 Å². The Labute approximate surface area is 128 Å². The standard InChI is InChI=1S/C17H28N2O2/c1-5-10-18-13(2)14-8-6-7-9-15(14)19-11-16(20-3)17(12-19)21-4/h6-9,13,16-18H,5,10-12H2,1-4H3. The maximum Gasteiger partial charge on any atom is 0.102 e. The molecule has 1 heterocycles. The Hall–Kier alpha value is -1.10. The molecular formula is C17H28N2O2. The van der Waals surface area contributed by atoms with Gasteiger partial charge in [-0.05, 0) is 31.5 Å². The number of rotatable bonds is 7. The molecule has 1 aromatic carbocycles. The lowest BCUT2D eigenvalue weighted by Gasteiger charge is -2.25. The molecule has 3 unspecified atom stereocenters. The van der Waals surface area contributed by atoms with E-state index in [9.17, 15) is 0 Å². The summed E-state index contributed by atoms with van der Waals surface area (Å²) in [5.74, 6) is 0. The molecule has 1 N–H and O–H groups in total. The predicted octanol–water partition coefficient (Wildman–Crippen LogP) is 2.60. The molecule has 118 valence electrons. The fourth-order valence-corrected chi connectivity index (χ4v) is 3.01. The van der Waals surface area contributed by atoms with Crippen LogP contribution in [0.3, 0.4) is 0 Å². The van der Waals surface area contributed by atoms with Crippen LogP contribution in [0.2, 0.25) is 0 Å². The van der Waals surface area contributed by atoms with Gasteiger partial charge in [0.2, 0.25) is 0 Å². The van der Waals surface area contributed by atoms with Crippen LogP contribution in [-0.4, -0.2) is 46.1 Å². The Balaban J connectivity index is 2.16. The Morgan fingerprint density at radius 3 is 2.38 bits per heavy atom. The lowest BCUT2D eigenvalue weighted by molar-refractivity contribution is -0.00461. The number of hydrogen-bond donors (Lipinski definition) is 1. The van der Waals surface area contributed by atoms with Crippen LogP contribution in [0, 0.1) is 0 Å². The van der Waals surface area contributed by atoms with Gasteiger partial charge in [0, 0.05) is 39.0 Å². The van der Waals surface area contributed by atoms with Crippen molar-refractivity contribution < 1.29 is 9.47 Å². The maximum absolute atomic E-state index is 5.55. The van der Waals surface area contributed by atoms with Crippen LogP contribution in [-0.2, 0) is 9.47 Å². The average Bonchev–Trinajstić information content (AvgIpc) is 2.95. The van der Waals surface area contributed by atoms with E-state index in [4.69, 9.17) is 9.47 Å². The van der Waals surface area contributed by atoms with Crippen LogP contribution in [0.4, 0.5) is 5.69 Å². The first kappa shape index (κ1) is 16.3. The molecule has 0 radical (unpaired) electrons. The molecule has 1 aliphatic rings. The monoisotopic (exact) mass is 292 g/mol. The Morgan fingerprint density at radius 1 is 1.19 bits per heavy atom.